The van der Waals surface area contributed by atoms with Gasteiger partial charge in [0, 0.05) is 6.04 Å². The molecule has 0 aliphatic carbocycles. The van der Waals surface area contributed by atoms with Gasteiger partial charge < -0.3 is 11.1 Å². The Morgan fingerprint density at radius 1 is 1.38 bits per heavy atom. The molecule has 0 saturated heterocycles. The maximum absolute atomic E-state index is 11.9. The number of amides is 1. The molecule has 1 rings (SSSR count). The molecule has 1 unspecified atom stereocenters. The zero-order valence-electron chi connectivity index (χ0n) is 13.9. The van der Waals surface area contributed by atoms with Gasteiger partial charge in [-0.25, -0.2) is 4.68 Å². The topological polar surface area (TPSA) is 85.8 Å². The third-order valence-electron chi connectivity index (χ3n) is 3.33. The summed E-state index contributed by atoms with van der Waals surface area (Å²) in [6, 6.07) is 0.185. The quantitative estimate of drug-likeness (QED) is 0.765. The predicted octanol–water partition coefficient (Wildman–Crippen LogP) is 1.80. The second-order valence-corrected chi connectivity index (χ2v) is 6.82. The lowest BCUT2D eigenvalue weighted by Gasteiger charge is -2.15. The van der Waals surface area contributed by atoms with Gasteiger partial charge in [0.25, 0.3) is 0 Å². The minimum atomic E-state index is -0.543. The van der Waals surface area contributed by atoms with Crippen LogP contribution >= 0.6 is 0 Å². The van der Waals surface area contributed by atoms with E-state index in [-0.39, 0.29) is 18.5 Å². The number of nitrogens with two attached hydrogens (primary N) is 1. The van der Waals surface area contributed by atoms with E-state index in [2.05, 4.69) is 29.5 Å². The number of rotatable bonds is 8. The van der Waals surface area contributed by atoms with Gasteiger partial charge in [-0.3, -0.25) is 4.79 Å². The van der Waals surface area contributed by atoms with E-state index in [9.17, 15) is 4.79 Å². The van der Waals surface area contributed by atoms with Crippen molar-refractivity contribution < 1.29 is 4.79 Å². The lowest BCUT2D eigenvalue weighted by atomic mass is 10.0. The predicted molar refractivity (Wildman–Crippen MR) is 83.5 cm³/mol. The SMILES string of the molecule is CC(C)CCCC(C)NC(=O)Cn1cc(C(C)(C)N)nn1. The molecule has 0 radical (unpaired) electrons. The van der Waals surface area contributed by atoms with Crippen molar-refractivity contribution in [2.24, 2.45) is 11.7 Å². The van der Waals surface area contributed by atoms with Crippen LogP contribution in [-0.2, 0) is 16.9 Å². The summed E-state index contributed by atoms with van der Waals surface area (Å²) in [6.45, 7) is 10.4. The Morgan fingerprint density at radius 2 is 2.05 bits per heavy atom. The molecule has 1 atom stereocenters. The number of carbonyl (C=O) groups is 1. The first-order valence-electron chi connectivity index (χ1n) is 7.67. The third kappa shape index (κ3) is 6.71. The Labute approximate surface area is 127 Å². The molecule has 21 heavy (non-hydrogen) atoms. The highest BCUT2D eigenvalue weighted by molar-refractivity contribution is 5.75. The van der Waals surface area contributed by atoms with Crippen molar-refractivity contribution in [2.45, 2.75) is 72.0 Å². The largest absolute Gasteiger partial charge is 0.352 e. The molecular weight excluding hydrogens is 266 g/mol. The average molecular weight is 295 g/mol. The summed E-state index contributed by atoms with van der Waals surface area (Å²) in [5.74, 6) is 0.666. The molecule has 0 fully saturated rings. The van der Waals surface area contributed by atoms with Crippen molar-refractivity contribution in [1.29, 1.82) is 0 Å². The fourth-order valence-corrected chi connectivity index (χ4v) is 2.04. The Bertz CT molecular complexity index is 447. The van der Waals surface area contributed by atoms with E-state index in [4.69, 9.17) is 5.73 Å². The van der Waals surface area contributed by atoms with Crippen LogP contribution < -0.4 is 11.1 Å². The molecule has 1 amide bonds. The Kier molecular flexibility index (Phi) is 6.33. The zero-order chi connectivity index (χ0) is 16.0. The molecule has 1 heterocycles. The summed E-state index contributed by atoms with van der Waals surface area (Å²) in [6.07, 6.45) is 5.05. The summed E-state index contributed by atoms with van der Waals surface area (Å²) in [5.41, 5.74) is 6.08. The monoisotopic (exact) mass is 295 g/mol. The Morgan fingerprint density at radius 3 is 2.57 bits per heavy atom. The van der Waals surface area contributed by atoms with Crippen LogP contribution in [0.5, 0.6) is 0 Å². The molecule has 0 saturated carbocycles. The van der Waals surface area contributed by atoms with Gasteiger partial charge in [0.2, 0.25) is 5.91 Å². The number of carbonyl (C=O) groups excluding carboxylic acids is 1. The van der Waals surface area contributed by atoms with Crippen LogP contribution in [0.1, 0.15) is 59.6 Å². The first-order valence-corrected chi connectivity index (χ1v) is 7.67. The van der Waals surface area contributed by atoms with Crippen LogP contribution in [0.15, 0.2) is 6.20 Å². The maximum atomic E-state index is 11.9. The minimum absolute atomic E-state index is 0.0432. The lowest BCUT2D eigenvalue weighted by molar-refractivity contribution is -0.122. The van der Waals surface area contributed by atoms with E-state index in [1.807, 2.05) is 20.8 Å². The van der Waals surface area contributed by atoms with Crippen LogP contribution in [0.2, 0.25) is 0 Å². The smallest absolute Gasteiger partial charge is 0.242 e. The fraction of sp³-hybridized carbons (Fsp3) is 0.800. The van der Waals surface area contributed by atoms with Gasteiger partial charge >= 0.3 is 0 Å². The van der Waals surface area contributed by atoms with E-state index < -0.39 is 5.54 Å². The summed E-state index contributed by atoms with van der Waals surface area (Å²) < 4.78 is 1.53. The second-order valence-electron chi connectivity index (χ2n) is 6.82. The van der Waals surface area contributed by atoms with E-state index >= 15 is 0 Å². The lowest BCUT2D eigenvalue weighted by Crippen LogP contribution is -2.35. The Hall–Kier alpha value is -1.43. The van der Waals surface area contributed by atoms with Crippen molar-refractivity contribution in [2.75, 3.05) is 0 Å². The highest BCUT2D eigenvalue weighted by Gasteiger charge is 2.19. The molecule has 6 heteroatoms. The maximum Gasteiger partial charge on any atom is 0.242 e. The van der Waals surface area contributed by atoms with Crippen molar-refractivity contribution in [3.63, 3.8) is 0 Å². The zero-order valence-corrected chi connectivity index (χ0v) is 13.9. The van der Waals surface area contributed by atoms with E-state index in [0.717, 1.165) is 12.8 Å². The molecule has 0 aliphatic heterocycles. The number of hydrogen-bond donors (Lipinski definition) is 2. The fourth-order valence-electron chi connectivity index (χ4n) is 2.04. The molecular formula is C15H29N5O. The van der Waals surface area contributed by atoms with Crippen molar-refractivity contribution in [3.8, 4) is 0 Å². The summed E-state index contributed by atoms with van der Waals surface area (Å²) in [7, 11) is 0. The molecule has 0 aromatic carbocycles. The van der Waals surface area contributed by atoms with E-state index in [0.29, 0.717) is 11.6 Å². The molecule has 120 valence electrons. The first-order chi connectivity index (χ1) is 9.68. The van der Waals surface area contributed by atoms with Gasteiger partial charge in [-0.15, -0.1) is 5.10 Å². The van der Waals surface area contributed by atoms with Crippen LogP contribution in [-0.4, -0.2) is 26.9 Å². The summed E-state index contributed by atoms with van der Waals surface area (Å²) >= 11 is 0. The van der Waals surface area contributed by atoms with Gasteiger partial charge in [0.05, 0.1) is 11.7 Å². The highest BCUT2D eigenvalue weighted by Crippen LogP contribution is 2.12. The number of nitrogens with one attached hydrogen (secondary N) is 1. The van der Waals surface area contributed by atoms with E-state index in [1.165, 1.54) is 11.1 Å². The summed E-state index contributed by atoms with van der Waals surface area (Å²) in [5, 5.41) is 10.9. The Balaban J connectivity index is 2.38. The third-order valence-corrected chi connectivity index (χ3v) is 3.33. The van der Waals surface area contributed by atoms with Gasteiger partial charge in [-0.1, -0.05) is 31.9 Å². The average Bonchev–Trinajstić information content (AvgIpc) is 2.76. The van der Waals surface area contributed by atoms with Gasteiger partial charge in [-0.05, 0) is 33.1 Å². The minimum Gasteiger partial charge on any atom is -0.352 e. The van der Waals surface area contributed by atoms with Crippen molar-refractivity contribution in [3.05, 3.63) is 11.9 Å². The molecule has 0 aliphatic rings. The van der Waals surface area contributed by atoms with Gasteiger partial charge in [0.1, 0.15) is 12.2 Å². The van der Waals surface area contributed by atoms with E-state index in [1.54, 1.807) is 6.20 Å². The van der Waals surface area contributed by atoms with Gasteiger partial charge in [-0.2, -0.15) is 0 Å². The molecule has 0 spiro atoms. The van der Waals surface area contributed by atoms with Gasteiger partial charge in [0.15, 0.2) is 0 Å². The van der Waals surface area contributed by atoms with Crippen LogP contribution in [0, 0.1) is 5.92 Å². The van der Waals surface area contributed by atoms with Crippen LogP contribution in [0.3, 0.4) is 0 Å². The van der Waals surface area contributed by atoms with Crippen molar-refractivity contribution in [1.82, 2.24) is 20.3 Å². The summed E-state index contributed by atoms with van der Waals surface area (Å²) in [4.78, 5) is 11.9. The molecule has 1 aromatic rings. The number of aromatic nitrogens is 3. The molecule has 3 N–H and O–H groups in total. The first kappa shape index (κ1) is 17.6. The molecule has 0 bridgehead atoms. The van der Waals surface area contributed by atoms with Crippen LogP contribution in [0.25, 0.3) is 0 Å². The molecule has 6 nitrogen and oxygen atoms in total. The standard InChI is InChI=1S/C15H29N5O/c1-11(2)7-6-8-12(3)17-14(21)10-20-9-13(18-19-20)15(4,5)16/h9,11-12H,6-8,10,16H2,1-5H3,(H,17,21). The number of nitrogens with zero attached hydrogens (tertiary/aromatic N) is 3. The molecule has 1 aromatic heterocycles. The van der Waals surface area contributed by atoms with Crippen LogP contribution in [0.4, 0.5) is 0 Å². The highest BCUT2D eigenvalue weighted by atomic mass is 16.2. The second kappa shape index (κ2) is 7.54. The number of hydrogen-bond acceptors (Lipinski definition) is 4. The normalized spacial score (nSPS) is 13.5. The van der Waals surface area contributed by atoms with Crippen molar-refractivity contribution >= 4 is 5.91 Å².